The molecule has 43 heavy (non-hydrogen) atoms. The van der Waals surface area contributed by atoms with Crippen LogP contribution < -0.4 is 10.1 Å². The van der Waals surface area contributed by atoms with Crippen molar-refractivity contribution in [3.8, 4) is 17.2 Å². The van der Waals surface area contributed by atoms with E-state index in [1.54, 1.807) is 25.6 Å². The highest BCUT2D eigenvalue weighted by molar-refractivity contribution is 5.96. The van der Waals surface area contributed by atoms with Gasteiger partial charge >= 0.3 is 0 Å². The highest BCUT2D eigenvalue weighted by Crippen LogP contribution is 2.25. The van der Waals surface area contributed by atoms with E-state index in [1.807, 2.05) is 53.3 Å². The van der Waals surface area contributed by atoms with Crippen molar-refractivity contribution in [1.29, 1.82) is 0 Å². The second-order valence-electron chi connectivity index (χ2n) is 10.7. The normalized spacial score (nSPS) is 19.5. The van der Waals surface area contributed by atoms with Crippen molar-refractivity contribution in [2.45, 2.75) is 25.3 Å². The van der Waals surface area contributed by atoms with Gasteiger partial charge < -0.3 is 24.4 Å². The van der Waals surface area contributed by atoms with E-state index in [0.29, 0.717) is 43.3 Å². The highest BCUT2D eigenvalue weighted by Gasteiger charge is 2.35. The zero-order chi connectivity index (χ0) is 29.6. The Morgan fingerprint density at radius 1 is 1.02 bits per heavy atom. The average Bonchev–Trinajstić information content (AvgIpc) is 3.69. The summed E-state index contributed by atoms with van der Waals surface area (Å²) < 4.78 is 19.5. The fourth-order valence-corrected chi connectivity index (χ4v) is 5.41. The minimum atomic E-state index is -0.328. The van der Waals surface area contributed by atoms with Crippen LogP contribution in [0.4, 0.5) is 0 Å². The zero-order valence-corrected chi connectivity index (χ0v) is 24.0. The molecule has 0 unspecified atom stereocenters. The molecule has 4 bridgehead atoms. The number of aromatic nitrogens is 3. The lowest BCUT2D eigenvalue weighted by atomic mass is 10.2. The zero-order valence-electron chi connectivity index (χ0n) is 24.0. The Bertz CT molecular complexity index is 1540. The lowest BCUT2D eigenvalue weighted by Gasteiger charge is -2.25. The summed E-state index contributed by atoms with van der Waals surface area (Å²) in [4.78, 5) is 34.8. The predicted octanol–water partition coefficient (Wildman–Crippen LogP) is 3.05. The molecule has 0 saturated carbocycles. The molecule has 1 saturated heterocycles. The summed E-state index contributed by atoms with van der Waals surface area (Å²) in [5.41, 5.74) is 3.41. The molecule has 6 rings (SSSR count). The lowest BCUT2D eigenvalue weighted by Crippen LogP contribution is -2.49. The first-order valence-electron chi connectivity index (χ1n) is 14.3. The van der Waals surface area contributed by atoms with Gasteiger partial charge in [0.05, 0.1) is 49.4 Å². The fraction of sp³-hybridized carbons (Fsp3) is 0.312. The number of nitrogens with one attached hydrogen (secondary N) is 1. The van der Waals surface area contributed by atoms with E-state index in [9.17, 15) is 9.59 Å². The number of hydrogen-bond donors (Lipinski definition) is 1. The van der Waals surface area contributed by atoms with Gasteiger partial charge in [0.15, 0.2) is 0 Å². The number of methoxy groups -OCH3 is 1. The summed E-state index contributed by atoms with van der Waals surface area (Å²) in [6.07, 6.45) is 6.45. The van der Waals surface area contributed by atoms with Crippen molar-refractivity contribution < 1.29 is 23.8 Å². The molecule has 2 aliphatic heterocycles. The molecule has 2 atom stereocenters. The number of fused-ring (bicyclic) bond motifs is 5. The van der Waals surface area contributed by atoms with Crippen LogP contribution in [0.15, 0.2) is 85.5 Å². The number of benzene rings is 2. The van der Waals surface area contributed by atoms with E-state index in [0.717, 1.165) is 16.8 Å². The lowest BCUT2D eigenvalue weighted by molar-refractivity contribution is -0.123. The molecule has 1 N–H and O–H groups in total. The number of carbonyl (C=O) groups excluding carboxylic acids is 2. The fourth-order valence-electron chi connectivity index (χ4n) is 5.41. The van der Waals surface area contributed by atoms with Crippen molar-refractivity contribution in [2.24, 2.45) is 0 Å². The molecule has 2 aromatic carbocycles. The van der Waals surface area contributed by atoms with Gasteiger partial charge in [-0.15, -0.1) is 0 Å². The predicted molar refractivity (Wildman–Crippen MR) is 158 cm³/mol. The van der Waals surface area contributed by atoms with Crippen molar-refractivity contribution in [3.05, 3.63) is 102 Å². The largest absolute Gasteiger partial charge is 0.456 e. The minimum absolute atomic E-state index is 0.121. The molecule has 0 spiro atoms. The molecule has 2 aliphatic rings. The number of hydrogen-bond acceptors (Lipinski definition) is 8. The molecular weight excluding hydrogens is 548 g/mol. The Morgan fingerprint density at radius 2 is 1.91 bits per heavy atom. The number of nitrogens with zero attached hydrogens (tertiary/aromatic N) is 5. The first-order valence-corrected chi connectivity index (χ1v) is 14.3. The van der Waals surface area contributed by atoms with Crippen LogP contribution in [0.25, 0.3) is 5.69 Å². The molecule has 4 aromatic rings. The number of carbonyl (C=O) groups is 2. The van der Waals surface area contributed by atoms with Crippen LogP contribution in [0.2, 0.25) is 0 Å². The molecule has 222 valence electrons. The van der Waals surface area contributed by atoms with Gasteiger partial charge in [-0.25, -0.2) is 4.68 Å². The summed E-state index contributed by atoms with van der Waals surface area (Å²) in [6, 6.07) is 19.2. The van der Waals surface area contributed by atoms with Crippen LogP contribution in [0.1, 0.15) is 21.5 Å². The van der Waals surface area contributed by atoms with Crippen LogP contribution in [-0.4, -0.2) is 88.4 Å². The number of rotatable bonds is 6. The van der Waals surface area contributed by atoms with Gasteiger partial charge in [0.2, 0.25) is 5.91 Å². The molecule has 11 heteroatoms. The molecule has 2 amide bonds. The van der Waals surface area contributed by atoms with E-state index >= 15 is 0 Å². The van der Waals surface area contributed by atoms with Gasteiger partial charge in [0.1, 0.15) is 11.5 Å². The van der Waals surface area contributed by atoms with E-state index in [4.69, 9.17) is 14.2 Å². The number of pyridine rings is 1. The quantitative estimate of drug-likeness (QED) is 0.370. The van der Waals surface area contributed by atoms with Gasteiger partial charge in [-0.05, 0) is 47.5 Å². The Labute approximate surface area is 250 Å². The summed E-state index contributed by atoms with van der Waals surface area (Å²) in [5, 5.41) is 7.45. The van der Waals surface area contributed by atoms with Crippen molar-refractivity contribution >= 4 is 11.8 Å². The van der Waals surface area contributed by atoms with Gasteiger partial charge in [-0.3, -0.25) is 19.5 Å². The number of amides is 2. The highest BCUT2D eigenvalue weighted by atomic mass is 16.5. The molecular formula is C32H34N6O5. The maximum atomic E-state index is 13.5. The maximum absolute atomic E-state index is 13.5. The first kappa shape index (κ1) is 28.5. The van der Waals surface area contributed by atoms with E-state index < -0.39 is 0 Å². The number of ether oxygens (including phenoxy) is 3. The maximum Gasteiger partial charge on any atom is 0.256 e. The first-order chi connectivity index (χ1) is 21.0. The van der Waals surface area contributed by atoms with Gasteiger partial charge in [-0.1, -0.05) is 24.3 Å². The Morgan fingerprint density at radius 3 is 2.72 bits per heavy atom. The van der Waals surface area contributed by atoms with Crippen LogP contribution in [0.3, 0.4) is 0 Å². The second kappa shape index (κ2) is 13.2. The molecule has 0 radical (unpaired) electrons. The van der Waals surface area contributed by atoms with Crippen LogP contribution in [-0.2, 0) is 27.4 Å². The Hall–Kier alpha value is -4.58. The van der Waals surface area contributed by atoms with E-state index in [2.05, 4.69) is 32.4 Å². The Balaban J connectivity index is 1.22. The summed E-state index contributed by atoms with van der Waals surface area (Å²) in [6.45, 7) is 2.74. The molecule has 0 aliphatic carbocycles. The topological polar surface area (TPSA) is 111 Å². The standard InChI is InChI=1S/C32H34N6O5/c1-41-13-12-37-21-31(39)35-29-19-36(18-23-6-8-26(9-7-23)38-11-3-10-34-38)20-30(29)42-22-24-4-2-5-27(14-24)43-28-15-25(32(37)40)16-33-17-28/h2-11,14-17,29-30H,12-13,18-22H2,1H3,(H,35,39)/t29-,30-/m0/s1. The van der Waals surface area contributed by atoms with E-state index in [-0.39, 0.29) is 43.7 Å². The van der Waals surface area contributed by atoms with Crippen molar-refractivity contribution in [2.75, 3.05) is 39.9 Å². The second-order valence-corrected chi connectivity index (χ2v) is 10.7. The molecule has 4 heterocycles. The van der Waals surface area contributed by atoms with Crippen LogP contribution in [0, 0.1) is 0 Å². The monoisotopic (exact) mass is 582 g/mol. The molecule has 11 nitrogen and oxygen atoms in total. The minimum Gasteiger partial charge on any atom is -0.456 e. The summed E-state index contributed by atoms with van der Waals surface area (Å²) in [5.74, 6) is 0.455. The SMILES string of the molecule is COCCN1CC(=O)N[C@H]2CN(Cc3ccc(-n4cccn4)cc3)C[C@@H]2OCc2cccc(c2)Oc2cncc(c2)C1=O. The third-order valence-electron chi connectivity index (χ3n) is 7.55. The number of likely N-dealkylation sites (tertiary alicyclic amines) is 1. The third-order valence-corrected chi connectivity index (χ3v) is 7.55. The van der Waals surface area contributed by atoms with Crippen molar-refractivity contribution in [3.63, 3.8) is 0 Å². The summed E-state index contributed by atoms with van der Waals surface area (Å²) >= 11 is 0. The molecule has 1 fully saturated rings. The molecule has 2 aromatic heterocycles. The van der Waals surface area contributed by atoms with Gasteiger partial charge in [0, 0.05) is 51.9 Å². The average molecular weight is 583 g/mol. The van der Waals surface area contributed by atoms with Crippen molar-refractivity contribution in [1.82, 2.24) is 29.9 Å². The summed E-state index contributed by atoms with van der Waals surface area (Å²) in [7, 11) is 1.56. The van der Waals surface area contributed by atoms with E-state index in [1.165, 1.54) is 11.1 Å². The Kier molecular flexibility index (Phi) is 8.73. The smallest absolute Gasteiger partial charge is 0.256 e. The van der Waals surface area contributed by atoms with Crippen LogP contribution >= 0.6 is 0 Å². The van der Waals surface area contributed by atoms with Gasteiger partial charge in [-0.2, -0.15) is 5.10 Å². The van der Waals surface area contributed by atoms with Crippen LogP contribution in [0.5, 0.6) is 11.5 Å². The van der Waals surface area contributed by atoms with Gasteiger partial charge in [0.25, 0.3) is 5.91 Å². The third kappa shape index (κ3) is 7.08.